The molecule has 0 bridgehead atoms. The van der Waals surface area contributed by atoms with Crippen molar-refractivity contribution in [1.29, 1.82) is 0 Å². The summed E-state index contributed by atoms with van der Waals surface area (Å²) >= 11 is 0. The third kappa shape index (κ3) is 4.72. The van der Waals surface area contributed by atoms with Crippen molar-refractivity contribution in [3.05, 3.63) is 29.8 Å². The van der Waals surface area contributed by atoms with Gasteiger partial charge in [-0.25, -0.2) is 0 Å². The molecule has 0 radical (unpaired) electrons. The van der Waals surface area contributed by atoms with Crippen molar-refractivity contribution in [2.24, 2.45) is 5.73 Å². The summed E-state index contributed by atoms with van der Waals surface area (Å²) in [6.45, 7) is 1.38. The third-order valence-electron chi connectivity index (χ3n) is 3.84. The predicted molar refractivity (Wildman–Crippen MR) is 81.0 cm³/mol. The Labute approximate surface area is 125 Å². The Morgan fingerprint density at radius 1 is 1.43 bits per heavy atom. The highest BCUT2D eigenvalue weighted by Gasteiger charge is 2.22. The number of ether oxygens (including phenoxy) is 1. The molecule has 0 spiro atoms. The van der Waals surface area contributed by atoms with Crippen LogP contribution in [-0.2, 0) is 16.0 Å². The van der Waals surface area contributed by atoms with Crippen molar-refractivity contribution >= 4 is 5.91 Å². The van der Waals surface area contributed by atoms with E-state index < -0.39 is 6.04 Å². The summed E-state index contributed by atoms with van der Waals surface area (Å²) in [5.41, 5.74) is 6.94. The average molecular weight is 292 g/mol. The van der Waals surface area contributed by atoms with E-state index in [1.165, 1.54) is 0 Å². The minimum atomic E-state index is -0.567. The molecule has 1 heterocycles. The van der Waals surface area contributed by atoms with Gasteiger partial charge in [-0.15, -0.1) is 0 Å². The van der Waals surface area contributed by atoms with E-state index in [4.69, 9.17) is 10.5 Å². The summed E-state index contributed by atoms with van der Waals surface area (Å²) in [7, 11) is 1.77. The molecule has 1 aliphatic heterocycles. The number of phenols is 1. The quantitative estimate of drug-likeness (QED) is 0.857. The SMILES string of the molecule is CN(CC1CCCCO1)C(=O)C(N)Cc1ccc(O)cc1. The lowest BCUT2D eigenvalue weighted by Gasteiger charge is -2.29. The van der Waals surface area contributed by atoms with Gasteiger partial charge in [0.1, 0.15) is 5.75 Å². The molecule has 1 aromatic carbocycles. The second kappa shape index (κ2) is 7.43. The normalized spacial score (nSPS) is 20.0. The zero-order chi connectivity index (χ0) is 15.2. The van der Waals surface area contributed by atoms with Gasteiger partial charge >= 0.3 is 0 Å². The maximum absolute atomic E-state index is 12.3. The highest BCUT2D eigenvalue weighted by Crippen LogP contribution is 2.15. The average Bonchev–Trinajstić information content (AvgIpc) is 2.49. The first kappa shape index (κ1) is 15.8. The van der Waals surface area contributed by atoms with Crippen LogP contribution in [0.4, 0.5) is 0 Å². The molecule has 116 valence electrons. The molecular formula is C16H24N2O3. The van der Waals surface area contributed by atoms with Crippen molar-refractivity contribution in [3.63, 3.8) is 0 Å². The number of carbonyl (C=O) groups excluding carboxylic acids is 1. The summed E-state index contributed by atoms with van der Waals surface area (Å²) in [6, 6.07) is 6.21. The number of likely N-dealkylation sites (N-methyl/N-ethyl adjacent to an activating group) is 1. The fourth-order valence-corrected chi connectivity index (χ4v) is 2.60. The van der Waals surface area contributed by atoms with Gasteiger partial charge in [0.2, 0.25) is 5.91 Å². The summed E-state index contributed by atoms with van der Waals surface area (Å²) in [6.07, 6.45) is 3.87. The van der Waals surface area contributed by atoms with Gasteiger partial charge in [-0.2, -0.15) is 0 Å². The van der Waals surface area contributed by atoms with Crippen LogP contribution in [0.1, 0.15) is 24.8 Å². The van der Waals surface area contributed by atoms with E-state index in [1.54, 1.807) is 36.2 Å². The van der Waals surface area contributed by atoms with Crippen LogP contribution in [0.5, 0.6) is 5.75 Å². The number of rotatable bonds is 5. The fraction of sp³-hybridized carbons (Fsp3) is 0.562. The molecular weight excluding hydrogens is 268 g/mol. The Morgan fingerprint density at radius 2 is 2.14 bits per heavy atom. The Balaban J connectivity index is 1.84. The van der Waals surface area contributed by atoms with Crippen LogP contribution >= 0.6 is 0 Å². The molecule has 0 aromatic heterocycles. The number of carbonyl (C=O) groups is 1. The highest BCUT2D eigenvalue weighted by molar-refractivity contribution is 5.81. The van der Waals surface area contributed by atoms with Crippen LogP contribution in [0, 0.1) is 0 Å². The lowest BCUT2D eigenvalue weighted by atomic mass is 10.0. The molecule has 1 fully saturated rings. The van der Waals surface area contributed by atoms with E-state index in [-0.39, 0.29) is 17.8 Å². The van der Waals surface area contributed by atoms with Crippen LogP contribution in [0.25, 0.3) is 0 Å². The van der Waals surface area contributed by atoms with E-state index >= 15 is 0 Å². The molecule has 5 nitrogen and oxygen atoms in total. The van der Waals surface area contributed by atoms with E-state index in [9.17, 15) is 9.90 Å². The van der Waals surface area contributed by atoms with Crippen LogP contribution in [-0.4, -0.2) is 48.3 Å². The predicted octanol–water partition coefficient (Wildman–Crippen LogP) is 1.29. The van der Waals surface area contributed by atoms with E-state index in [0.717, 1.165) is 31.4 Å². The van der Waals surface area contributed by atoms with Gasteiger partial charge in [-0.1, -0.05) is 12.1 Å². The van der Waals surface area contributed by atoms with Gasteiger partial charge in [0, 0.05) is 20.2 Å². The second-order valence-electron chi connectivity index (χ2n) is 5.68. The molecule has 0 aliphatic carbocycles. The van der Waals surface area contributed by atoms with E-state index in [1.807, 2.05) is 0 Å². The molecule has 1 aliphatic rings. The topological polar surface area (TPSA) is 75.8 Å². The summed E-state index contributed by atoms with van der Waals surface area (Å²) in [5, 5.41) is 9.25. The minimum Gasteiger partial charge on any atom is -0.508 e. The number of nitrogens with zero attached hydrogens (tertiary/aromatic N) is 1. The molecule has 1 amide bonds. The van der Waals surface area contributed by atoms with Crippen LogP contribution in [0.2, 0.25) is 0 Å². The summed E-state index contributed by atoms with van der Waals surface area (Å²) in [4.78, 5) is 14.0. The molecule has 0 saturated carbocycles. The minimum absolute atomic E-state index is 0.0720. The van der Waals surface area contributed by atoms with Crippen molar-refractivity contribution in [1.82, 2.24) is 4.90 Å². The molecule has 2 rings (SSSR count). The molecule has 21 heavy (non-hydrogen) atoms. The lowest BCUT2D eigenvalue weighted by molar-refractivity contribution is -0.133. The number of hydrogen-bond donors (Lipinski definition) is 2. The molecule has 2 unspecified atom stereocenters. The van der Waals surface area contributed by atoms with E-state index in [2.05, 4.69) is 0 Å². The molecule has 3 N–H and O–H groups in total. The van der Waals surface area contributed by atoms with E-state index in [0.29, 0.717) is 13.0 Å². The number of hydrogen-bond acceptors (Lipinski definition) is 4. The number of nitrogens with two attached hydrogens (primary N) is 1. The second-order valence-corrected chi connectivity index (χ2v) is 5.68. The number of phenolic OH excluding ortho intramolecular Hbond substituents is 1. The van der Waals surface area contributed by atoms with Gasteiger partial charge in [0.25, 0.3) is 0 Å². The van der Waals surface area contributed by atoms with Crippen molar-refractivity contribution < 1.29 is 14.6 Å². The highest BCUT2D eigenvalue weighted by atomic mass is 16.5. The first-order chi connectivity index (χ1) is 10.1. The maximum atomic E-state index is 12.3. The first-order valence-electron chi connectivity index (χ1n) is 7.46. The Hall–Kier alpha value is -1.59. The van der Waals surface area contributed by atoms with Gasteiger partial charge in [0.15, 0.2) is 0 Å². The number of benzene rings is 1. The zero-order valence-corrected chi connectivity index (χ0v) is 12.5. The molecule has 2 atom stereocenters. The van der Waals surface area contributed by atoms with Crippen LogP contribution < -0.4 is 5.73 Å². The summed E-state index contributed by atoms with van der Waals surface area (Å²) in [5.74, 6) is 0.141. The Kier molecular flexibility index (Phi) is 5.59. The van der Waals surface area contributed by atoms with Gasteiger partial charge < -0.3 is 20.5 Å². The zero-order valence-electron chi connectivity index (χ0n) is 12.5. The van der Waals surface area contributed by atoms with Gasteiger partial charge in [-0.05, 0) is 43.4 Å². The molecule has 1 saturated heterocycles. The first-order valence-corrected chi connectivity index (χ1v) is 7.46. The maximum Gasteiger partial charge on any atom is 0.239 e. The monoisotopic (exact) mass is 292 g/mol. The Bertz CT molecular complexity index is 455. The van der Waals surface area contributed by atoms with Crippen LogP contribution in [0.3, 0.4) is 0 Å². The molecule has 5 heteroatoms. The standard InChI is InChI=1S/C16H24N2O3/c1-18(11-14-4-2-3-9-21-14)16(20)15(17)10-12-5-7-13(19)8-6-12/h5-8,14-15,19H,2-4,9-11,17H2,1H3. The lowest BCUT2D eigenvalue weighted by Crippen LogP contribution is -2.46. The summed E-state index contributed by atoms with van der Waals surface area (Å²) < 4.78 is 5.65. The van der Waals surface area contributed by atoms with Crippen molar-refractivity contribution in [2.45, 2.75) is 37.8 Å². The van der Waals surface area contributed by atoms with Gasteiger partial charge in [0.05, 0.1) is 12.1 Å². The van der Waals surface area contributed by atoms with Crippen molar-refractivity contribution in [2.75, 3.05) is 20.2 Å². The molecule has 1 aromatic rings. The fourth-order valence-electron chi connectivity index (χ4n) is 2.60. The third-order valence-corrected chi connectivity index (χ3v) is 3.84. The Morgan fingerprint density at radius 3 is 2.76 bits per heavy atom. The van der Waals surface area contributed by atoms with Crippen LogP contribution in [0.15, 0.2) is 24.3 Å². The number of amides is 1. The smallest absolute Gasteiger partial charge is 0.239 e. The van der Waals surface area contributed by atoms with Crippen molar-refractivity contribution in [3.8, 4) is 5.75 Å². The number of aromatic hydroxyl groups is 1. The largest absolute Gasteiger partial charge is 0.508 e. The van der Waals surface area contributed by atoms with Gasteiger partial charge in [-0.3, -0.25) is 4.79 Å².